The Bertz CT molecular complexity index is 750. The average molecular weight is 327 g/mol. The third kappa shape index (κ3) is 2.82. The van der Waals surface area contributed by atoms with Crippen molar-refractivity contribution in [1.82, 2.24) is 25.0 Å². The number of nitrogens with one attached hydrogen (secondary N) is 1. The number of carbonyl (C=O) groups is 2. The quantitative estimate of drug-likeness (QED) is 0.847. The van der Waals surface area contributed by atoms with Gasteiger partial charge in [-0.3, -0.25) is 19.3 Å². The van der Waals surface area contributed by atoms with E-state index in [2.05, 4.69) is 15.4 Å². The number of fused-ring (bicyclic) bond motifs is 1. The lowest BCUT2D eigenvalue weighted by Crippen LogP contribution is -2.50. The Morgan fingerprint density at radius 1 is 1.33 bits per heavy atom. The molecule has 0 radical (unpaired) electrons. The van der Waals surface area contributed by atoms with Gasteiger partial charge >= 0.3 is 0 Å². The Morgan fingerprint density at radius 2 is 2.17 bits per heavy atom. The summed E-state index contributed by atoms with van der Waals surface area (Å²) in [5.41, 5.74) is 1.36. The molecular formula is C16H17N5O3. The van der Waals surface area contributed by atoms with Crippen molar-refractivity contribution in [3.63, 3.8) is 0 Å². The SMILES string of the molecule is O=C1CN(C(=O)c2cc3n(n2)C[C@@H](Oc2ccncc2)C3)CCN1. The molecule has 2 aromatic heterocycles. The maximum atomic E-state index is 12.5. The molecule has 0 unspecified atom stereocenters. The number of piperazine rings is 1. The summed E-state index contributed by atoms with van der Waals surface area (Å²) in [6, 6.07) is 5.43. The van der Waals surface area contributed by atoms with Crippen LogP contribution in [0.3, 0.4) is 0 Å². The summed E-state index contributed by atoms with van der Waals surface area (Å²) in [5.74, 6) is 0.446. The molecule has 0 spiro atoms. The van der Waals surface area contributed by atoms with Crippen LogP contribution in [0.25, 0.3) is 0 Å². The first kappa shape index (κ1) is 14.7. The van der Waals surface area contributed by atoms with Crippen LogP contribution in [0.15, 0.2) is 30.6 Å². The predicted octanol–water partition coefficient (Wildman–Crippen LogP) is -0.146. The van der Waals surface area contributed by atoms with E-state index in [0.29, 0.717) is 31.7 Å². The lowest BCUT2D eigenvalue weighted by molar-refractivity contribution is -0.123. The zero-order valence-electron chi connectivity index (χ0n) is 13.0. The minimum absolute atomic E-state index is 0.000170. The van der Waals surface area contributed by atoms with Gasteiger partial charge in [0.05, 0.1) is 13.1 Å². The Hall–Kier alpha value is -2.90. The zero-order chi connectivity index (χ0) is 16.5. The maximum absolute atomic E-state index is 12.5. The Labute approximate surface area is 138 Å². The number of pyridine rings is 1. The first-order valence-electron chi connectivity index (χ1n) is 7.88. The zero-order valence-corrected chi connectivity index (χ0v) is 13.0. The Kier molecular flexibility index (Phi) is 3.64. The molecule has 2 aliphatic heterocycles. The van der Waals surface area contributed by atoms with Crippen molar-refractivity contribution in [2.24, 2.45) is 0 Å². The molecule has 2 aliphatic rings. The van der Waals surface area contributed by atoms with Gasteiger partial charge in [0, 0.05) is 37.6 Å². The summed E-state index contributed by atoms with van der Waals surface area (Å²) in [7, 11) is 0. The topological polar surface area (TPSA) is 89.4 Å². The molecular weight excluding hydrogens is 310 g/mol. The number of hydrogen-bond donors (Lipinski definition) is 1. The molecule has 4 rings (SSSR count). The summed E-state index contributed by atoms with van der Waals surface area (Å²) in [4.78, 5) is 29.4. The maximum Gasteiger partial charge on any atom is 0.274 e. The van der Waals surface area contributed by atoms with E-state index < -0.39 is 0 Å². The normalized spacial score (nSPS) is 19.8. The monoisotopic (exact) mass is 327 g/mol. The van der Waals surface area contributed by atoms with Crippen molar-refractivity contribution in [3.05, 3.63) is 42.0 Å². The van der Waals surface area contributed by atoms with Gasteiger partial charge in [-0.05, 0) is 18.2 Å². The largest absolute Gasteiger partial charge is 0.488 e. The summed E-state index contributed by atoms with van der Waals surface area (Å²) in [6.45, 7) is 1.70. The van der Waals surface area contributed by atoms with Gasteiger partial charge in [0.2, 0.25) is 5.91 Å². The highest BCUT2D eigenvalue weighted by Crippen LogP contribution is 2.21. The third-order valence-corrected chi connectivity index (χ3v) is 4.17. The van der Waals surface area contributed by atoms with Crippen molar-refractivity contribution in [1.29, 1.82) is 0 Å². The molecule has 124 valence electrons. The number of ether oxygens (including phenoxy) is 1. The van der Waals surface area contributed by atoms with E-state index in [1.807, 2.05) is 16.8 Å². The van der Waals surface area contributed by atoms with E-state index >= 15 is 0 Å². The second-order valence-corrected chi connectivity index (χ2v) is 5.91. The lowest BCUT2D eigenvalue weighted by atomic mass is 10.2. The predicted molar refractivity (Wildman–Crippen MR) is 83.5 cm³/mol. The standard InChI is InChI=1S/C16H17N5O3/c22-15-10-20(6-5-18-15)16(23)14-8-11-7-13(9-21(11)19-14)24-12-1-3-17-4-2-12/h1-4,8,13H,5-7,9-10H2,(H,18,22)/t13-/m0/s1. The lowest BCUT2D eigenvalue weighted by Gasteiger charge is -2.25. The van der Waals surface area contributed by atoms with Crippen molar-refractivity contribution < 1.29 is 14.3 Å². The minimum atomic E-state index is -0.196. The number of carbonyl (C=O) groups excluding carboxylic acids is 2. The van der Waals surface area contributed by atoms with Gasteiger partial charge in [0.25, 0.3) is 5.91 Å². The minimum Gasteiger partial charge on any atom is -0.488 e. The molecule has 24 heavy (non-hydrogen) atoms. The van der Waals surface area contributed by atoms with Crippen LogP contribution in [0.2, 0.25) is 0 Å². The van der Waals surface area contributed by atoms with Gasteiger partial charge in [-0.15, -0.1) is 0 Å². The highest BCUT2D eigenvalue weighted by molar-refractivity contribution is 5.95. The van der Waals surface area contributed by atoms with Crippen LogP contribution in [0.4, 0.5) is 0 Å². The Balaban J connectivity index is 1.42. The number of amides is 2. The summed E-state index contributed by atoms with van der Waals surface area (Å²) in [5, 5.41) is 7.09. The van der Waals surface area contributed by atoms with E-state index in [-0.39, 0.29) is 24.5 Å². The van der Waals surface area contributed by atoms with E-state index in [4.69, 9.17) is 4.74 Å². The highest BCUT2D eigenvalue weighted by Gasteiger charge is 2.29. The molecule has 1 atom stereocenters. The second kappa shape index (κ2) is 5.95. The molecule has 0 bridgehead atoms. The molecule has 0 aromatic carbocycles. The van der Waals surface area contributed by atoms with Gasteiger partial charge in [-0.25, -0.2) is 0 Å². The molecule has 1 N–H and O–H groups in total. The molecule has 2 aromatic rings. The fourth-order valence-electron chi connectivity index (χ4n) is 3.04. The van der Waals surface area contributed by atoms with Crippen molar-refractivity contribution in [3.8, 4) is 5.75 Å². The Morgan fingerprint density at radius 3 is 2.92 bits per heavy atom. The summed E-state index contributed by atoms with van der Waals surface area (Å²) >= 11 is 0. The van der Waals surface area contributed by atoms with Crippen LogP contribution in [-0.2, 0) is 17.8 Å². The van der Waals surface area contributed by atoms with E-state index in [9.17, 15) is 9.59 Å². The van der Waals surface area contributed by atoms with E-state index in [0.717, 1.165) is 11.4 Å². The van der Waals surface area contributed by atoms with Crippen LogP contribution in [0.5, 0.6) is 5.75 Å². The summed E-state index contributed by atoms with van der Waals surface area (Å²) in [6.07, 6.45) is 4.08. The van der Waals surface area contributed by atoms with Crippen LogP contribution >= 0.6 is 0 Å². The molecule has 2 amide bonds. The first-order chi connectivity index (χ1) is 11.7. The third-order valence-electron chi connectivity index (χ3n) is 4.17. The van der Waals surface area contributed by atoms with Gasteiger partial charge in [0.15, 0.2) is 5.69 Å². The molecule has 1 saturated heterocycles. The average Bonchev–Trinajstić information content (AvgIpc) is 3.13. The number of nitrogens with zero attached hydrogens (tertiary/aromatic N) is 4. The summed E-state index contributed by atoms with van der Waals surface area (Å²) < 4.78 is 7.71. The van der Waals surface area contributed by atoms with Gasteiger partial charge in [0.1, 0.15) is 11.9 Å². The number of hydrogen-bond acceptors (Lipinski definition) is 5. The first-order valence-corrected chi connectivity index (χ1v) is 7.88. The highest BCUT2D eigenvalue weighted by atomic mass is 16.5. The number of aromatic nitrogens is 3. The molecule has 4 heterocycles. The van der Waals surface area contributed by atoms with E-state index in [1.54, 1.807) is 18.5 Å². The number of rotatable bonds is 3. The molecule has 0 aliphatic carbocycles. The van der Waals surface area contributed by atoms with Crippen LogP contribution < -0.4 is 10.1 Å². The molecule has 1 fully saturated rings. The molecule has 8 heteroatoms. The van der Waals surface area contributed by atoms with Gasteiger partial charge in [-0.1, -0.05) is 0 Å². The van der Waals surface area contributed by atoms with Crippen molar-refractivity contribution in [2.75, 3.05) is 19.6 Å². The smallest absolute Gasteiger partial charge is 0.274 e. The van der Waals surface area contributed by atoms with E-state index in [1.165, 1.54) is 4.90 Å². The van der Waals surface area contributed by atoms with Crippen LogP contribution in [-0.4, -0.2) is 57.2 Å². The van der Waals surface area contributed by atoms with Crippen LogP contribution in [0, 0.1) is 0 Å². The fraction of sp³-hybridized carbons (Fsp3) is 0.375. The van der Waals surface area contributed by atoms with Crippen molar-refractivity contribution >= 4 is 11.8 Å². The van der Waals surface area contributed by atoms with Gasteiger partial charge < -0.3 is 15.0 Å². The molecule has 8 nitrogen and oxygen atoms in total. The second-order valence-electron chi connectivity index (χ2n) is 5.91. The van der Waals surface area contributed by atoms with Crippen molar-refractivity contribution in [2.45, 2.75) is 19.1 Å². The van der Waals surface area contributed by atoms with Crippen LogP contribution in [0.1, 0.15) is 16.2 Å². The fourth-order valence-corrected chi connectivity index (χ4v) is 3.04. The molecule has 0 saturated carbocycles. The van der Waals surface area contributed by atoms with Gasteiger partial charge in [-0.2, -0.15) is 5.10 Å².